The lowest BCUT2D eigenvalue weighted by Gasteiger charge is -2.41. The van der Waals surface area contributed by atoms with Gasteiger partial charge in [0.1, 0.15) is 0 Å². The van der Waals surface area contributed by atoms with E-state index in [2.05, 4.69) is 168 Å². The predicted molar refractivity (Wildman–Crippen MR) is 205 cm³/mol. The van der Waals surface area contributed by atoms with Crippen LogP contribution in [0.1, 0.15) is 22.3 Å². The lowest BCUT2D eigenvalue weighted by atomic mass is 9.63. The average Bonchev–Trinajstić information content (AvgIpc) is 3.55. The van der Waals surface area contributed by atoms with E-state index in [1.807, 2.05) is 24.3 Å². The number of hydrogen-bond acceptors (Lipinski definition) is 2. The molecule has 3 nitrogen and oxygen atoms in total. The largest absolute Gasteiger partial charge is 0.309 e. The average molecular weight is 638 g/mol. The first kappa shape index (κ1) is 28.4. The van der Waals surface area contributed by atoms with Crippen molar-refractivity contribution in [1.29, 1.82) is 0 Å². The van der Waals surface area contributed by atoms with Crippen LogP contribution in [0.25, 0.3) is 61.4 Å². The molecule has 1 atom stereocenters. The summed E-state index contributed by atoms with van der Waals surface area (Å²) in [5.74, 6) is 0.715. The van der Waals surface area contributed by atoms with E-state index in [9.17, 15) is 0 Å². The van der Waals surface area contributed by atoms with Crippen LogP contribution in [0.4, 0.5) is 0 Å². The molecule has 9 aromatic rings. The van der Waals surface area contributed by atoms with Crippen molar-refractivity contribution in [3.63, 3.8) is 0 Å². The van der Waals surface area contributed by atoms with Gasteiger partial charge >= 0.3 is 0 Å². The highest BCUT2D eigenvalue weighted by atomic mass is 15.0. The topological polar surface area (TPSA) is 30.7 Å². The summed E-state index contributed by atoms with van der Waals surface area (Å²) in [6.07, 6.45) is 0. The highest BCUT2D eigenvalue weighted by Gasteiger charge is 2.45. The number of aromatic nitrogens is 3. The molecule has 2 aromatic heterocycles. The standard InChI is InChI=1S/C47H31N3/c1-4-15-32(16-5-1)41-31-42(49-46(48-41)34-17-6-2-7-18-34)33-27-29-36(30-28-33)47(35-19-8-3-9-20-35)39-23-11-13-26-44(39)50-43-25-12-10-21-37(43)38-22-14-24-40(47)45(38)50/h1-31H. The minimum Gasteiger partial charge on any atom is -0.309 e. The zero-order valence-corrected chi connectivity index (χ0v) is 27.2. The molecule has 0 bridgehead atoms. The molecule has 0 saturated carbocycles. The van der Waals surface area contributed by atoms with Gasteiger partial charge < -0.3 is 4.57 Å². The molecule has 0 N–H and O–H groups in total. The third kappa shape index (κ3) is 4.17. The second kappa shape index (κ2) is 11.3. The number of rotatable bonds is 5. The summed E-state index contributed by atoms with van der Waals surface area (Å²) in [6, 6.07) is 67.3. The molecule has 1 aliphatic heterocycles. The Morgan fingerprint density at radius 1 is 0.400 bits per heavy atom. The van der Waals surface area contributed by atoms with Gasteiger partial charge in [-0.3, -0.25) is 0 Å². The molecule has 0 saturated heterocycles. The van der Waals surface area contributed by atoms with Gasteiger partial charge in [-0.05, 0) is 40.5 Å². The zero-order chi connectivity index (χ0) is 33.1. The van der Waals surface area contributed by atoms with Crippen LogP contribution in [0.15, 0.2) is 188 Å². The fraction of sp³-hybridized carbons (Fsp3) is 0.0213. The molecule has 7 aromatic carbocycles. The molecule has 3 heteroatoms. The molecule has 10 rings (SSSR count). The monoisotopic (exact) mass is 637 g/mol. The fourth-order valence-corrected chi connectivity index (χ4v) is 8.14. The second-order valence-electron chi connectivity index (χ2n) is 13.0. The minimum atomic E-state index is -0.545. The van der Waals surface area contributed by atoms with E-state index in [0.29, 0.717) is 5.82 Å². The maximum atomic E-state index is 5.12. The number of para-hydroxylation sites is 3. The maximum absolute atomic E-state index is 5.12. The first-order valence-corrected chi connectivity index (χ1v) is 17.1. The SMILES string of the molecule is c1ccc(-c2cc(-c3ccc(C4(c5ccccc5)c5ccccc5-n5c6ccccc6c6cccc4c65)cc3)nc(-c3ccccc3)n2)cc1. The summed E-state index contributed by atoms with van der Waals surface area (Å²) < 4.78 is 2.47. The van der Waals surface area contributed by atoms with Crippen LogP contribution in [0.3, 0.4) is 0 Å². The Labute approximate surface area is 290 Å². The normalized spacial score (nSPS) is 14.9. The molecule has 3 heterocycles. The lowest BCUT2D eigenvalue weighted by Crippen LogP contribution is -2.35. The Bertz CT molecular complexity index is 2620. The molecule has 0 aliphatic carbocycles. The lowest BCUT2D eigenvalue weighted by molar-refractivity contribution is 0.728. The van der Waals surface area contributed by atoms with Gasteiger partial charge in [0.25, 0.3) is 0 Å². The van der Waals surface area contributed by atoms with Crippen LogP contribution < -0.4 is 0 Å². The van der Waals surface area contributed by atoms with Crippen molar-refractivity contribution in [2.24, 2.45) is 0 Å². The van der Waals surface area contributed by atoms with E-state index in [1.165, 1.54) is 49.7 Å². The first-order chi connectivity index (χ1) is 24.8. The van der Waals surface area contributed by atoms with Crippen LogP contribution in [0, 0.1) is 0 Å². The minimum absolute atomic E-state index is 0.545. The van der Waals surface area contributed by atoms with Crippen molar-refractivity contribution >= 4 is 21.8 Å². The summed E-state index contributed by atoms with van der Waals surface area (Å²) in [5.41, 5.74) is 13.1. The molecule has 0 radical (unpaired) electrons. The Balaban J connectivity index is 1.22. The molecule has 0 fully saturated rings. The zero-order valence-electron chi connectivity index (χ0n) is 27.2. The summed E-state index contributed by atoms with van der Waals surface area (Å²) in [4.78, 5) is 10.1. The van der Waals surface area contributed by atoms with E-state index in [0.717, 1.165) is 28.1 Å². The van der Waals surface area contributed by atoms with E-state index in [1.54, 1.807) is 0 Å². The van der Waals surface area contributed by atoms with Crippen LogP contribution in [-0.2, 0) is 5.41 Å². The van der Waals surface area contributed by atoms with Gasteiger partial charge in [-0.25, -0.2) is 9.97 Å². The van der Waals surface area contributed by atoms with E-state index >= 15 is 0 Å². The van der Waals surface area contributed by atoms with Gasteiger partial charge in [-0.15, -0.1) is 0 Å². The summed E-state index contributed by atoms with van der Waals surface area (Å²) in [6.45, 7) is 0. The van der Waals surface area contributed by atoms with Crippen molar-refractivity contribution in [2.45, 2.75) is 5.41 Å². The number of nitrogens with zero attached hydrogens (tertiary/aromatic N) is 3. The molecule has 0 spiro atoms. The molecule has 1 unspecified atom stereocenters. The van der Waals surface area contributed by atoms with Crippen LogP contribution in [-0.4, -0.2) is 14.5 Å². The molecular weight excluding hydrogens is 607 g/mol. The van der Waals surface area contributed by atoms with Crippen LogP contribution in [0.2, 0.25) is 0 Å². The molecule has 50 heavy (non-hydrogen) atoms. The Morgan fingerprint density at radius 2 is 0.940 bits per heavy atom. The van der Waals surface area contributed by atoms with E-state index in [4.69, 9.17) is 9.97 Å². The third-order valence-corrected chi connectivity index (χ3v) is 10.3. The van der Waals surface area contributed by atoms with Gasteiger partial charge in [0.05, 0.1) is 33.5 Å². The quantitative estimate of drug-likeness (QED) is 0.188. The molecular formula is C47H31N3. The van der Waals surface area contributed by atoms with Crippen molar-refractivity contribution in [2.75, 3.05) is 0 Å². The summed E-state index contributed by atoms with van der Waals surface area (Å²) >= 11 is 0. The molecule has 1 aliphatic rings. The Kier molecular flexibility index (Phi) is 6.40. The van der Waals surface area contributed by atoms with Gasteiger partial charge in [0, 0.05) is 27.5 Å². The van der Waals surface area contributed by atoms with Gasteiger partial charge in [-0.2, -0.15) is 0 Å². The number of fused-ring (bicyclic) bond motifs is 5. The van der Waals surface area contributed by atoms with Crippen molar-refractivity contribution < 1.29 is 0 Å². The first-order valence-electron chi connectivity index (χ1n) is 17.1. The van der Waals surface area contributed by atoms with Crippen LogP contribution in [0.5, 0.6) is 0 Å². The highest BCUT2D eigenvalue weighted by Crippen LogP contribution is 2.54. The summed E-state index contributed by atoms with van der Waals surface area (Å²) in [5, 5.41) is 2.54. The highest BCUT2D eigenvalue weighted by molar-refractivity contribution is 6.12. The van der Waals surface area contributed by atoms with Gasteiger partial charge in [0.15, 0.2) is 5.82 Å². The molecule has 0 amide bonds. The maximum Gasteiger partial charge on any atom is 0.160 e. The number of hydrogen-bond donors (Lipinski definition) is 0. The Morgan fingerprint density at radius 3 is 1.68 bits per heavy atom. The second-order valence-corrected chi connectivity index (χ2v) is 13.0. The molecule has 234 valence electrons. The van der Waals surface area contributed by atoms with Gasteiger partial charge in [-0.1, -0.05) is 170 Å². The predicted octanol–water partition coefficient (Wildman–Crippen LogP) is 11.3. The van der Waals surface area contributed by atoms with E-state index < -0.39 is 5.41 Å². The van der Waals surface area contributed by atoms with E-state index in [-0.39, 0.29) is 0 Å². The Hall–Kier alpha value is -6.58. The smallest absolute Gasteiger partial charge is 0.160 e. The van der Waals surface area contributed by atoms with Crippen molar-refractivity contribution in [1.82, 2.24) is 14.5 Å². The van der Waals surface area contributed by atoms with Crippen molar-refractivity contribution in [3.8, 4) is 39.6 Å². The van der Waals surface area contributed by atoms with Gasteiger partial charge in [0.2, 0.25) is 0 Å². The fourth-order valence-electron chi connectivity index (χ4n) is 8.14. The summed E-state index contributed by atoms with van der Waals surface area (Å²) in [7, 11) is 0. The van der Waals surface area contributed by atoms with Crippen LogP contribution >= 0.6 is 0 Å². The third-order valence-electron chi connectivity index (χ3n) is 10.3. The number of benzene rings is 7. The van der Waals surface area contributed by atoms with Crippen molar-refractivity contribution in [3.05, 3.63) is 210 Å².